The van der Waals surface area contributed by atoms with Crippen LogP contribution in [0.1, 0.15) is 25.8 Å². The summed E-state index contributed by atoms with van der Waals surface area (Å²) >= 11 is 0. The van der Waals surface area contributed by atoms with Crippen LogP contribution in [0.15, 0.2) is 54.6 Å². The molecule has 0 aliphatic heterocycles. The zero-order chi connectivity index (χ0) is 17.2. The molecule has 0 aromatic heterocycles. The van der Waals surface area contributed by atoms with Crippen LogP contribution in [0.2, 0.25) is 0 Å². The number of carbonyl (C=O) groups excluding carboxylic acids is 1. The van der Waals surface area contributed by atoms with Crippen molar-refractivity contribution in [3.8, 4) is 5.75 Å². The van der Waals surface area contributed by atoms with Crippen LogP contribution in [-0.2, 0) is 11.2 Å². The van der Waals surface area contributed by atoms with Crippen molar-refractivity contribution in [3.63, 3.8) is 0 Å². The molecule has 0 aliphatic carbocycles. The smallest absolute Gasteiger partial charge is 0.238 e. The van der Waals surface area contributed by atoms with E-state index in [1.165, 1.54) is 5.56 Å². The van der Waals surface area contributed by atoms with Crippen LogP contribution in [-0.4, -0.2) is 25.1 Å². The molecule has 0 saturated heterocycles. The van der Waals surface area contributed by atoms with Crippen LogP contribution >= 0.6 is 0 Å². The number of benzene rings is 2. The van der Waals surface area contributed by atoms with Gasteiger partial charge in [0.2, 0.25) is 5.91 Å². The molecule has 24 heavy (non-hydrogen) atoms. The summed E-state index contributed by atoms with van der Waals surface area (Å²) < 4.78 is 5.74. The molecule has 0 fully saturated rings. The molecule has 2 aromatic rings. The number of amides is 1. The van der Waals surface area contributed by atoms with Crippen LogP contribution in [0.3, 0.4) is 0 Å². The second-order valence-electron chi connectivity index (χ2n) is 6.05. The third kappa shape index (κ3) is 6.84. The molecule has 0 atom stereocenters. The summed E-state index contributed by atoms with van der Waals surface area (Å²) in [6.45, 7) is 5.02. The van der Waals surface area contributed by atoms with E-state index >= 15 is 0 Å². The minimum Gasteiger partial charge on any atom is -0.494 e. The zero-order valence-corrected chi connectivity index (χ0v) is 14.4. The Hall–Kier alpha value is -2.33. The molecular formula is C20H26N2O2. The van der Waals surface area contributed by atoms with Gasteiger partial charge in [-0.3, -0.25) is 4.79 Å². The van der Waals surface area contributed by atoms with Crippen LogP contribution < -0.4 is 15.4 Å². The SMILES string of the molecule is CC(C)NCC(=O)Nc1ccc(OCCCc2ccccc2)cc1. The fourth-order valence-corrected chi connectivity index (χ4v) is 2.25. The largest absolute Gasteiger partial charge is 0.494 e. The van der Waals surface area contributed by atoms with Crippen molar-refractivity contribution in [2.24, 2.45) is 0 Å². The molecule has 0 aliphatic rings. The second-order valence-corrected chi connectivity index (χ2v) is 6.05. The first-order valence-corrected chi connectivity index (χ1v) is 8.43. The average Bonchev–Trinajstić information content (AvgIpc) is 2.59. The highest BCUT2D eigenvalue weighted by molar-refractivity contribution is 5.92. The van der Waals surface area contributed by atoms with Crippen LogP contribution in [0, 0.1) is 0 Å². The summed E-state index contributed by atoms with van der Waals surface area (Å²) in [6.07, 6.45) is 1.99. The lowest BCUT2D eigenvalue weighted by Gasteiger charge is -2.10. The highest BCUT2D eigenvalue weighted by Gasteiger charge is 2.03. The van der Waals surface area contributed by atoms with E-state index in [4.69, 9.17) is 4.74 Å². The highest BCUT2D eigenvalue weighted by Crippen LogP contribution is 2.16. The lowest BCUT2D eigenvalue weighted by molar-refractivity contribution is -0.115. The van der Waals surface area contributed by atoms with Crippen molar-refractivity contribution in [1.29, 1.82) is 0 Å². The van der Waals surface area contributed by atoms with E-state index in [1.807, 2.05) is 44.2 Å². The molecule has 0 radical (unpaired) electrons. The summed E-state index contributed by atoms with van der Waals surface area (Å²) in [5.74, 6) is 0.779. The number of carbonyl (C=O) groups is 1. The summed E-state index contributed by atoms with van der Waals surface area (Å²) in [6, 6.07) is 18.2. The van der Waals surface area contributed by atoms with E-state index in [0.29, 0.717) is 19.2 Å². The van der Waals surface area contributed by atoms with E-state index in [0.717, 1.165) is 24.3 Å². The van der Waals surface area contributed by atoms with Gasteiger partial charge in [-0.1, -0.05) is 44.2 Å². The number of hydrogen-bond donors (Lipinski definition) is 2. The quantitative estimate of drug-likeness (QED) is 0.692. The number of nitrogens with one attached hydrogen (secondary N) is 2. The molecule has 4 nitrogen and oxygen atoms in total. The van der Waals surface area contributed by atoms with Crippen molar-refractivity contribution in [2.75, 3.05) is 18.5 Å². The first kappa shape index (κ1) is 18.0. The van der Waals surface area contributed by atoms with Crippen molar-refractivity contribution in [3.05, 3.63) is 60.2 Å². The minimum atomic E-state index is -0.0415. The lowest BCUT2D eigenvalue weighted by atomic mass is 10.1. The number of hydrogen-bond acceptors (Lipinski definition) is 3. The molecule has 1 amide bonds. The Morgan fingerprint density at radius 1 is 1.04 bits per heavy atom. The fourth-order valence-electron chi connectivity index (χ4n) is 2.25. The van der Waals surface area contributed by atoms with Gasteiger partial charge in [0.25, 0.3) is 0 Å². The molecule has 0 unspecified atom stereocenters. The van der Waals surface area contributed by atoms with E-state index in [9.17, 15) is 4.79 Å². The monoisotopic (exact) mass is 326 g/mol. The predicted molar refractivity (Wildman–Crippen MR) is 98.5 cm³/mol. The molecule has 0 spiro atoms. The Labute approximate surface area is 144 Å². The Balaban J connectivity index is 1.69. The van der Waals surface area contributed by atoms with Crippen LogP contribution in [0.4, 0.5) is 5.69 Å². The molecule has 0 saturated carbocycles. The van der Waals surface area contributed by atoms with Gasteiger partial charge in [-0.25, -0.2) is 0 Å². The first-order chi connectivity index (χ1) is 11.6. The van der Waals surface area contributed by atoms with E-state index in [-0.39, 0.29) is 5.91 Å². The third-order valence-corrected chi connectivity index (χ3v) is 3.53. The van der Waals surface area contributed by atoms with Gasteiger partial charge < -0.3 is 15.4 Å². The van der Waals surface area contributed by atoms with Crippen molar-refractivity contribution in [2.45, 2.75) is 32.7 Å². The van der Waals surface area contributed by atoms with Crippen molar-refractivity contribution < 1.29 is 9.53 Å². The molecule has 4 heteroatoms. The van der Waals surface area contributed by atoms with Gasteiger partial charge in [0.15, 0.2) is 0 Å². The van der Waals surface area contributed by atoms with Gasteiger partial charge >= 0.3 is 0 Å². The average molecular weight is 326 g/mol. The highest BCUT2D eigenvalue weighted by atomic mass is 16.5. The summed E-state index contributed by atoms with van der Waals surface area (Å²) in [5.41, 5.74) is 2.11. The number of rotatable bonds is 9. The van der Waals surface area contributed by atoms with E-state index < -0.39 is 0 Å². The van der Waals surface area contributed by atoms with Crippen LogP contribution in [0.25, 0.3) is 0 Å². The first-order valence-electron chi connectivity index (χ1n) is 8.43. The second kappa shape index (κ2) is 9.73. The van der Waals surface area contributed by atoms with Crippen molar-refractivity contribution in [1.82, 2.24) is 5.32 Å². The van der Waals surface area contributed by atoms with Gasteiger partial charge in [-0.2, -0.15) is 0 Å². The van der Waals surface area contributed by atoms with Crippen LogP contribution in [0.5, 0.6) is 5.75 Å². The van der Waals surface area contributed by atoms with Gasteiger partial charge in [-0.15, -0.1) is 0 Å². The maximum Gasteiger partial charge on any atom is 0.238 e. The maximum absolute atomic E-state index is 11.7. The van der Waals surface area contributed by atoms with E-state index in [2.05, 4.69) is 34.9 Å². The predicted octanol–water partition coefficient (Wildman–Crippen LogP) is 3.63. The van der Waals surface area contributed by atoms with Crippen molar-refractivity contribution >= 4 is 11.6 Å². The fraction of sp³-hybridized carbons (Fsp3) is 0.350. The molecule has 2 aromatic carbocycles. The Kier molecular flexibility index (Phi) is 7.30. The normalized spacial score (nSPS) is 10.6. The van der Waals surface area contributed by atoms with Gasteiger partial charge in [0.1, 0.15) is 5.75 Å². The van der Waals surface area contributed by atoms with Gasteiger partial charge in [0.05, 0.1) is 13.2 Å². The zero-order valence-electron chi connectivity index (χ0n) is 14.4. The molecule has 128 valence electrons. The summed E-state index contributed by atoms with van der Waals surface area (Å²) in [5, 5.41) is 5.94. The minimum absolute atomic E-state index is 0.0415. The van der Waals surface area contributed by atoms with E-state index in [1.54, 1.807) is 0 Å². The summed E-state index contributed by atoms with van der Waals surface area (Å²) in [7, 11) is 0. The number of anilines is 1. The maximum atomic E-state index is 11.7. The molecule has 0 bridgehead atoms. The number of ether oxygens (including phenoxy) is 1. The summed E-state index contributed by atoms with van der Waals surface area (Å²) in [4.78, 5) is 11.7. The molecular weight excluding hydrogens is 300 g/mol. The topological polar surface area (TPSA) is 50.4 Å². The van der Waals surface area contributed by atoms with Gasteiger partial charge in [-0.05, 0) is 42.7 Å². The Morgan fingerprint density at radius 2 is 1.75 bits per heavy atom. The molecule has 2 rings (SSSR count). The Morgan fingerprint density at radius 3 is 2.42 bits per heavy atom. The molecule has 0 heterocycles. The third-order valence-electron chi connectivity index (χ3n) is 3.53. The van der Waals surface area contributed by atoms with Gasteiger partial charge in [0, 0.05) is 11.7 Å². The lowest BCUT2D eigenvalue weighted by Crippen LogP contribution is -2.32. The Bertz CT molecular complexity index is 609. The number of aryl methyl sites for hydroxylation is 1. The standard InChI is InChI=1S/C20H26N2O2/c1-16(2)21-15-20(23)22-18-10-12-19(13-11-18)24-14-6-9-17-7-4-3-5-8-17/h3-5,7-8,10-13,16,21H,6,9,14-15H2,1-2H3,(H,22,23). The molecule has 2 N–H and O–H groups in total.